The van der Waals surface area contributed by atoms with Gasteiger partial charge in [0.1, 0.15) is 0 Å². The second kappa shape index (κ2) is 19.0. The lowest BCUT2D eigenvalue weighted by atomic mass is 10.00. The van der Waals surface area contributed by atoms with Crippen LogP contribution in [-0.4, -0.2) is 0 Å². The molecule has 0 saturated heterocycles. The third-order valence-electron chi connectivity index (χ3n) is 13.2. The summed E-state index contributed by atoms with van der Waals surface area (Å²) >= 11 is 0. The summed E-state index contributed by atoms with van der Waals surface area (Å²) in [5.74, 6) is 0. The minimum Gasteiger partial charge on any atom is -0.311 e. The van der Waals surface area contributed by atoms with Crippen molar-refractivity contribution in [1.29, 1.82) is 0 Å². The average molecular weight is 903 g/mol. The fourth-order valence-corrected chi connectivity index (χ4v) is 9.54. The third-order valence-corrected chi connectivity index (χ3v) is 13.2. The van der Waals surface area contributed by atoms with Crippen molar-refractivity contribution in [1.82, 2.24) is 0 Å². The molecule has 4 nitrogen and oxygen atoms in total. The first-order valence-electron chi connectivity index (χ1n) is 24.1. The minimum absolute atomic E-state index is 1.06. The van der Waals surface area contributed by atoms with Crippen LogP contribution in [0.3, 0.4) is 0 Å². The molecule has 0 N–H and O–H groups in total. The topological polar surface area (TPSA) is 13.0 Å². The first-order chi connectivity index (χ1) is 34.3. The molecule has 0 aliphatic rings. The predicted molar refractivity (Wildman–Crippen MR) is 299 cm³/mol. The van der Waals surface area contributed by atoms with Crippen LogP contribution in [0.4, 0.5) is 68.2 Å². The van der Waals surface area contributed by atoms with Crippen LogP contribution in [0.25, 0.3) is 21.5 Å². The molecular weight excluding hydrogens is 849 g/mol. The van der Waals surface area contributed by atoms with Crippen LogP contribution in [0.1, 0.15) is 22.3 Å². The molecule has 11 rings (SSSR count). The van der Waals surface area contributed by atoms with Crippen LogP contribution in [0.5, 0.6) is 0 Å². The smallest absolute Gasteiger partial charge is 0.0468 e. The zero-order chi connectivity index (χ0) is 47.6. The molecule has 11 aromatic carbocycles. The Kier molecular flexibility index (Phi) is 11.9. The highest BCUT2D eigenvalue weighted by atomic mass is 15.2. The largest absolute Gasteiger partial charge is 0.311 e. The van der Waals surface area contributed by atoms with Gasteiger partial charge >= 0.3 is 0 Å². The standard InChI is InChI=1S/C66H54N4/c1-47-15-25-55(26-16-47)67(56-27-17-48(2)18-28-56)59-33-37-61(38-34-59)70(62-39-35-60(36-40-62)68(57-29-19-49(3)20-30-57)58-31-21-50(4)22-32-58)64-42-44-66-52(46-64)24-23-51-45-63(41-43-65(51)66)69(53-11-7-5-8-12-53)54-13-9-6-10-14-54/h5-46H,1-4H3. The zero-order valence-corrected chi connectivity index (χ0v) is 40.0. The van der Waals surface area contributed by atoms with E-state index in [1.165, 1.54) is 43.8 Å². The molecule has 4 heteroatoms. The lowest BCUT2D eigenvalue weighted by Crippen LogP contribution is -2.13. The Morgan fingerprint density at radius 2 is 0.386 bits per heavy atom. The Morgan fingerprint density at radius 1 is 0.186 bits per heavy atom. The molecule has 0 saturated carbocycles. The molecule has 0 aromatic heterocycles. The summed E-state index contributed by atoms with van der Waals surface area (Å²) < 4.78 is 0. The molecule has 0 fully saturated rings. The van der Waals surface area contributed by atoms with Crippen LogP contribution < -0.4 is 19.6 Å². The van der Waals surface area contributed by atoms with Crippen molar-refractivity contribution in [3.05, 3.63) is 277 Å². The molecule has 0 atom stereocenters. The number of fused-ring (bicyclic) bond motifs is 3. The van der Waals surface area contributed by atoms with Gasteiger partial charge in [-0.3, -0.25) is 0 Å². The number of hydrogen-bond acceptors (Lipinski definition) is 4. The van der Waals surface area contributed by atoms with Crippen LogP contribution in [-0.2, 0) is 0 Å². The quantitative estimate of drug-likeness (QED) is 0.113. The number of anilines is 12. The lowest BCUT2D eigenvalue weighted by Gasteiger charge is -2.30. The summed E-state index contributed by atoms with van der Waals surface area (Å²) in [6.45, 7) is 8.54. The molecule has 338 valence electrons. The first kappa shape index (κ1) is 43.7. The van der Waals surface area contributed by atoms with E-state index in [0.717, 1.165) is 68.2 Å². The molecule has 0 radical (unpaired) electrons. The molecule has 0 aliphatic heterocycles. The van der Waals surface area contributed by atoms with Gasteiger partial charge in [-0.05, 0) is 195 Å². The van der Waals surface area contributed by atoms with Gasteiger partial charge in [-0.1, -0.05) is 131 Å². The summed E-state index contributed by atoms with van der Waals surface area (Å²) in [5.41, 5.74) is 18.1. The zero-order valence-electron chi connectivity index (χ0n) is 40.0. The van der Waals surface area contributed by atoms with Gasteiger partial charge in [0.25, 0.3) is 0 Å². The fraction of sp³-hybridized carbons (Fsp3) is 0.0606. The molecule has 11 aromatic rings. The second-order valence-corrected chi connectivity index (χ2v) is 18.3. The molecular formula is C66H54N4. The van der Waals surface area contributed by atoms with Crippen molar-refractivity contribution in [2.24, 2.45) is 0 Å². The maximum Gasteiger partial charge on any atom is 0.0468 e. The predicted octanol–water partition coefficient (Wildman–Crippen LogP) is 19.1. The van der Waals surface area contributed by atoms with E-state index in [2.05, 4.69) is 302 Å². The lowest BCUT2D eigenvalue weighted by molar-refractivity contribution is 1.24. The Morgan fingerprint density at radius 3 is 0.643 bits per heavy atom. The van der Waals surface area contributed by atoms with E-state index in [-0.39, 0.29) is 0 Å². The fourth-order valence-electron chi connectivity index (χ4n) is 9.54. The molecule has 0 amide bonds. The van der Waals surface area contributed by atoms with Gasteiger partial charge in [0.2, 0.25) is 0 Å². The van der Waals surface area contributed by atoms with Gasteiger partial charge in [-0.15, -0.1) is 0 Å². The summed E-state index contributed by atoms with van der Waals surface area (Å²) in [6.07, 6.45) is 0. The Balaban J connectivity index is 1.01. The van der Waals surface area contributed by atoms with Crippen LogP contribution in [0.15, 0.2) is 255 Å². The highest BCUT2D eigenvalue weighted by molar-refractivity contribution is 6.10. The summed E-state index contributed by atoms with van der Waals surface area (Å²) in [5, 5.41) is 4.79. The van der Waals surface area contributed by atoms with E-state index >= 15 is 0 Å². The second-order valence-electron chi connectivity index (χ2n) is 18.3. The number of rotatable bonds is 12. The van der Waals surface area contributed by atoms with Gasteiger partial charge in [0.05, 0.1) is 0 Å². The van der Waals surface area contributed by atoms with E-state index in [9.17, 15) is 0 Å². The minimum atomic E-state index is 1.06. The van der Waals surface area contributed by atoms with Crippen molar-refractivity contribution < 1.29 is 0 Å². The van der Waals surface area contributed by atoms with Crippen LogP contribution in [0, 0.1) is 27.7 Å². The molecule has 0 unspecified atom stereocenters. The van der Waals surface area contributed by atoms with Crippen molar-refractivity contribution >= 4 is 89.8 Å². The third kappa shape index (κ3) is 8.87. The van der Waals surface area contributed by atoms with Crippen molar-refractivity contribution in [3.63, 3.8) is 0 Å². The summed E-state index contributed by atoms with van der Waals surface area (Å²) in [7, 11) is 0. The molecule has 0 bridgehead atoms. The molecule has 0 heterocycles. The Bertz CT molecular complexity index is 3270. The monoisotopic (exact) mass is 902 g/mol. The van der Waals surface area contributed by atoms with Crippen molar-refractivity contribution in [2.45, 2.75) is 27.7 Å². The van der Waals surface area contributed by atoms with Crippen molar-refractivity contribution in [3.8, 4) is 0 Å². The first-order valence-corrected chi connectivity index (χ1v) is 24.1. The Hall–Kier alpha value is -8.86. The SMILES string of the molecule is Cc1ccc(N(c2ccc(C)cc2)c2ccc(N(c3ccc(N(c4ccc(C)cc4)c4ccc(C)cc4)cc3)c3ccc4c(ccc5cc(N(c6ccccc6)c6ccccc6)ccc54)c3)cc2)cc1. The van der Waals surface area contributed by atoms with Crippen LogP contribution in [0.2, 0.25) is 0 Å². The van der Waals surface area contributed by atoms with Crippen LogP contribution >= 0.6 is 0 Å². The number of hydrogen-bond donors (Lipinski definition) is 0. The van der Waals surface area contributed by atoms with E-state index < -0.39 is 0 Å². The maximum atomic E-state index is 2.38. The Labute approximate surface area is 412 Å². The van der Waals surface area contributed by atoms with Gasteiger partial charge in [-0.2, -0.15) is 0 Å². The van der Waals surface area contributed by atoms with Gasteiger partial charge < -0.3 is 19.6 Å². The van der Waals surface area contributed by atoms with Gasteiger partial charge in [-0.25, -0.2) is 0 Å². The average Bonchev–Trinajstić information content (AvgIpc) is 3.40. The van der Waals surface area contributed by atoms with Gasteiger partial charge in [0, 0.05) is 68.2 Å². The summed E-state index contributed by atoms with van der Waals surface area (Å²) in [6, 6.07) is 92.5. The number of para-hydroxylation sites is 2. The van der Waals surface area contributed by atoms with Gasteiger partial charge in [0.15, 0.2) is 0 Å². The number of nitrogens with zero attached hydrogens (tertiary/aromatic N) is 4. The number of benzene rings is 11. The van der Waals surface area contributed by atoms with E-state index in [4.69, 9.17) is 0 Å². The maximum absolute atomic E-state index is 2.38. The summed E-state index contributed by atoms with van der Waals surface area (Å²) in [4.78, 5) is 9.36. The number of aryl methyl sites for hydroxylation is 4. The normalized spacial score (nSPS) is 11.1. The highest BCUT2D eigenvalue weighted by Crippen LogP contribution is 2.44. The molecule has 0 aliphatic carbocycles. The van der Waals surface area contributed by atoms with E-state index in [1.54, 1.807) is 0 Å². The van der Waals surface area contributed by atoms with E-state index in [1.807, 2.05) is 0 Å². The van der Waals surface area contributed by atoms with E-state index in [0.29, 0.717) is 0 Å². The highest BCUT2D eigenvalue weighted by Gasteiger charge is 2.20. The molecule has 0 spiro atoms. The van der Waals surface area contributed by atoms with Crippen molar-refractivity contribution in [2.75, 3.05) is 19.6 Å². The molecule has 70 heavy (non-hydrogen) atoms.